The fourth-order valence-corrected chi connectivity index (χ4v) is 5.69. The largest absolute Gasteiger partial charge is 0.376 e. The number of rotatable bonds is 8. The first-order chi connectivity index (χ1) is 16.5. The molecular formula is C26H36N6O2. The molecule has 1 aromatic carbocycles. The Morgan fingerprint density at radius 3 is 2.68 bits per heavy atom. The number of hydrogen-bond acceptors (Lipinski definition) is 6. The highest BCUT2D eigenvalue weighted by Crippen LogP contribution is 2.34. The zero-order valence-electron chi connectivity index (χ0n) is 20.6. The van der Waals surface area contributed by atoms with Crippen LogP contribution >= 0.6 is 0 Å². The Kier molecular flexibility index (Phi) is 6.79. The van der Waals surface area contributed by atoms with Gasteiger partial charge in [0.1, 0.15) is 0 Å². The number of aryl methyl sites for hydroxylation is 2. The number of benzene rings is 1. The molecule has 34 heavy (non-hydrogen) atoms. The molecular weight excluding hydrogens is 428 g/mol. The van der Waals surface area contributed by atoms with Crippen LogP contribution in [0.1, 0.15) is 80.4 Å². The number of ether oxygens (including phenoxy) is 1. The summed E-state index contributed by atoms with van der Waals surface area (Å²) in [5.41, 5.74) is 4.12. The summed E-state index contributed by atoms with van der Waals surface area (Å²) in [7, 11) is 0. The molecule has 0 radical (unpaired) electrons. The van der Waals surface area contributed by atoms with E-state index in [-0.39, 0.29) is 17.7 Å². The van der Waals surface area contributed by atoms with E-state index in [1.807, 2.05) is 4.68 Å². The molecule has 1 N–H and O–H groups in total. The van der Waals surface area contributed by atoms with Gasteiger partial charge in [-0.25, -0.2) is 4.68 Å². The molecule has 2 aromatic heterocycles. The summed E-state index contributed by atoms with van der Waals surface area (Å²) in [6.07, 6.45) is 7.95. The van der Waals surface area contributed by atoms with Gasteiger partial charge in [0.15, 0.2) is 5.82 Å². The van der Waals surface area contributed by atoms with Gasteiger partial charge >= 0.3 is 0 Å². The van der Waals surface area contributed by atoms with Gasteiger partial charge in [-0.3, -0.25) is 9.69 Å². The van der Waals surface area contributed by atoms with Crippen molar-refractivity contribution in [3.8, 4) is 0 Å². The number of aromatic nitrogens is 5. The SMILES string of the molecule is CC[C@@H](c1nnnn1C[C@H]1CCCO1)N(Cc1cc2cc(C)c(C)cc2[nH]c1=O)C1CCCC1. The third-order valence-corrected chi connectivity index (χ3v) is 7.73. The highest BCUT2D eigenvalue weighted by Gasteiger charge is 2.33. The third-order valence-electron chi connectivity index (χ3n) is 7.73. The number of hydrogen-bond donors (Lipinski definition) is 1. The summed E-state index contributed by atoms with van der Waals surface area (Å²) in [6.45, 7) is 8.48. The average molecular weight is 465 g/mol. The lowest BCUT2D eigenvalue weighted by Gasteiger charge is -2.35. The van der Waals surface area contributed by atoms with Crippen LogP contribution in [0.25, 0.3) is 10.9 Å². The Bertz CT molecular complexity index is 1190. The van der Waals surface area contributed by atoms with E-state index in [1.54, 1.807) is 0 Å². The topological polar surface area (TPSA) is 88.9 Å². The summed E-state index contributed by atoms with van der Waals surface area (Å²) in [4.78, 5) is 18.7. The maximum absolute atomic E-state index is 13.1. The Labute approximate surface area is 200 Å². The minimum absolute atomic E-state index is 0.00690. The van der Waals surface area contributed by atoms with Gasteiger partial charge in [-0.05, 0) is 91.1 Å². The molecule has 2 aliphatic rings. The van der Waals surface area contributed by atoms with E-state index in [2.05, 4.69) is 64.4 Å². The van der Waals surface area contributed by atoms with Gasteiger partial charge in [0.05, 0.1) is 18.7 Å². The summed E-state index contributed by atoms with van der Waals surface area (Å²) in [6, 6.07) is 6.79. The average Bonchev–Trinajstić information content (AvgIpc) is 3.59. The van der Waals surface area contributed by atoms with Crippen LogP contribution in [0, 0.1) is 13.8 Å². The molecule has 182 valence electrons. The molecule has 2 atom stereocenters. The standard InChI is InChI=1S/C26H36N6O2/c1-4-24(25-28-29-30-32(25)16-22-10-7-11-34-22)31(21-8-5-6-9-21)15-20-14-19-12-17(2)18(3)13-23(19)27-26(20)33/h12-14,21-22,24H,4-11,15-16H2,1-3H3,(H,27,33)/t22-,24+/m1/s1. The van der Waals surface area contributed by atoms with Crippen LogP contribution in [0.2, 0.25) is 0 Å². The fraction of sp³-hybridized carbons (Fsp3) is 0.615. The van der Waals surface area contributed by atoms with E-state index < -0.39 is 0 Å². The summed E-state index contributed by atoms with van der Waals surface area (Å²) >= 11 is 0. The van der Waals surface area contributed by atoms with Gasteiger partial charge in [0, 0.05) is 30.3 Å². The Morgan fingerprint density at radius 2 is 1.94 bits per heavy atom. The van der Waals surface area contributed by atoms with Crippen LogP contribution in [0.15, 0.2) is 23.0 Å². The second-order valence-electron chi connectivity index (χ2n) is 10.0. The van der Waals surface area contributed by atoms with Crippen LogP contribution in [0.3, 0.4) is 0 Å². The van der Waals surface area contributed by atoms with Crippen molar-refractivity contribution in [1.82, 2.24) is 30.1 Å². The fourth-order valence-electron chi connectivity index (χ4n) is 5.69. The number of pyridine rings is 1. The normalized spacial score (nSPS) is 20.1. The first kappa shape index (κ1) is 23.2. The second kappa shape index (κ2) is 9.96. The minimum atomic E-state index is -0.00690. The molecule has 3 heterocycles. The Balaban J connectivity index is 1.48. The number of aromatic amines is 1. The molecule has 8 nitrogen and oxygen atoms in total. The molecule has 0 spiro atoms. The van der Waals surface area contributed by atoms with Gasteiger partial charge in [-0.2, -0.15) is 0 Å². The molecule has 1 saturated heterocycles. The van der Waals surface area contributed by atoms with Crippen molar-refractivity contribution in [1.29, 1.82) is 0 Å². The van der Waals surface area contributed by atoms with Crippen molar-refractivity contribution in [2.24, 2.45) is 0 Å². The lowest BCUT2D eigenvalue weighted by Crippen LogP contribution is -2.39. The summed E-state index contributed by atoms with van der Waals surface area (Å²) in [5.74, 6) is 0.883. The summed E-state index contributed by atoms with van der Waals surface area (Å²) < 4.78 is 7.78. The highest BCUT2D eigenvalue weighted by molar-refractivity contribution is 5.80. The van der Waals surface area contributed by atoms with E-state index in [0.717, 1.165) is 61.0 Å². The first-order valence-corrected chi connectivity index (χ1v) is 12.8. The third kappa shape index (κ3) is 4.66. The molecule has 2 fully saturated rings. The number of tetrazole rings is 1. The van der Waals surface area contributed by atoms with Crippen LogP contribution in [0.4, 0.5) is 0 Å². The Morgan fingerprint density at radius 1 is 1.15 bits per heavy atom. The molecule has 0 amide bonds. The summed E-state index contributed by atoms with van der Waals surface area (Å²) in [5, 5.41) is 13.9. The lowest BCUT2D eigenvalue weighted by molar-refractivity contribution is 0.0839. The molecule has 1 saturated carbocycles. The molecule has 0 bridgehead atoms. The molecule has 1 aliphatic carbocycles. The molecule has 3 aromatic rings. The van der Waals surface area contributed by atoms with Crippen molar-refractivity contribution >= 4 is 10.9 Å². The van der Waals surface area contributed by atoms with Crippen molar-refractivity contribution < 1.29 is 4.74 Å². The predicted molar refractivity (Wildman–Crippen MR) is 132 cm³/mol. The number of fused-ring (bicyclic) bond motifs is 1. The highest BCUT2D eigenvalue weighted by atomic mass is 16.5. The number of H-pyrrole nitrogens is 1. The van der Waals surface area contributed by atoms with E-state index in [4.69, 9.17) is 4.74 Å². The Hall–Kier alpha value is -2.58. The van der Waals surface area contributed by atoms with Crippen LogP contribution < -0.4 is 5.56 Å². The number of nitrogens with zero attached hydrogens (tertiary/aromatic N) is 5. The van der Waals surface area contributed by atoms with Crippen molar-refractivity contribution in [3.05, 3.63) is 51.1 Å². The monoisotopic (exact) mass is 464 g/mol. The quantitative estimate of drug-likeness (QED) is 0.537. The molecule has 5 rings (SSSR count). The first-order valence-electron chi connectivity index (χ1n) is 12.8. The number of nitrogens with one attached hydrogen (secondary N) is 1. The zero-order chi connectivity index (χ0) is 23.7. The van der Waals surface area contributed by atoms with E-state index >= 15 is 0 Å². The predicted octanol–water partition coefficient (Wildman–Crippen LogP) is 4.21. The van der Waals surface area contributed by atoms with Gasteiger partial charge in [0.25, 0.3) is 5.56 Å². The van der Waals surface area contributed by atoms with Gasteiger partial charge in [-0.1, -0.05) is 19.8 Å². The zero-order valence-corrected chi connectivity index (χ0v) is 20.6. The van der Waals surface area contributed by atoms with Gasteiger partial charge < -0.3 is 9.72 Å². The minimum Gasteiger partial charge on any atom is -0.376 e. The van der Waals surface area contributed by atoms with Crippen molar-refractivity contribution in [2.75, 3.05) is 6.61 Å². The van der Waals surface area contributed by atoms with Crippen LogP contribution in [-0.4, -0.2) is 48.8 Å². The molecule has 8 heteroatoms. The van der Waals surface area contributed by atoms with Crippen LogP contribution in [-0.2, 0) is 17.8 Å². The molecule has 0 unspecified atom stereocenters. The van der Waals surface area contributed by atoms with E-state index in [1.165, 1.54) is 24.0 Å². The van der Waals surface area contributed by atoms with Crippen molar-refractivity contribution in [3.63, 3.8) is 0 Å². The molecule has 1 aliphatic heterocycles. The lowest BCUT2D eigenvalue weighted by atomic mass is 10.0. The second-order valence-corrected chi connectivity index (χ2v) is 10.0. The van der Waals surface area contributed by atoms with Crippen LogP contribution in [0.5, 0.6) is 0 Å². The smallest absolute Gasteiger partial charge is 0.252 e. The van der Waals surface area contributed by atoms with Gasteiger partial charge in [-0.15, -0.1) is 5.10 Å². The van der Waals surface area contributed by atoms with Gasteiger partial charge in [0.2, 0.25) is 0 Å². The van der Waals surface area contributed by atoms with Crippen molar-refractivity contribution in [2.45, 2.75) is 97.0 Å². The van der Waals surface area contributed by atoms with E-state index in [0.29, 0.717) is 19.1 Å². The van der Waals surface area contributed by atoms with E-state index in [9.17, 15) is 4.79 Å². The maximum atomic E-state index is 13.1. The maximum Gasteiger partial charge on any atom is 0.252 e.